The van der Waals surface area contributed by atoms with Gasteiger partial charge in [-0.2, -0.15) is 33.7 Å². The minimum Gasteiger partial charge on any atom is -0.504 e. The zero-order valence-corrected chi connectivity index (χ0v) is 71.1. The van der Waals surface area contributed by atoms with Crippen molar-refractivity contribution in [2.24, 2.45) is 0 Å². The van der Waals surface area contributed by atoms with Crippen LogP contribution in [0.1, 0.15) is 83.0 Å². The average Bonchev–Trinajstić information content (AvgIpc) is 0.664. The van der Waals surface area contributed by atoms with Crippen molar-refractivity contribution in [2.75, 3.05) is 0 Å². The molecule has 16 rings (SSSR count). The Labute approximate surface area is 693 Å². The largest absolute Gasteiger partial charge is 0.504 e. The lowest BCUT2D eigenvalue weighted by molar-refractivity contribution is -0.0691. The van der Waals surface area contributed by atoms with Gasteiger partial charge in [-0.25, -0.2) is 0 Å². The molecule has 0 radical (unpaired) electrons. The molecule has 4 aliphatic carbocycles. The molecule has 0 saturated heterocycles. The number of aromatic hydroxyl groups is 4. The third kappa shape index (κ3) is 14.4. The molecule has 0 aromatic heterocycles. The van der Waals surface area contributed by atoms with Crippen LogP contribution in [0.5, 0.6) is 46.0 Å². The maximum Gasteiger partial charge on any atom is 0.339 e. The highest BCUT2D eigenvalue weighted by atomic mass is 127. The van der Waals surface area contributed by atoms with Gasteiger partial charge in [-0.3, -0.25) is 0 Å². The Morgan fingerprint density at radius 3 is 0.573 bits per heavy atom. The maximum atomic E-state index is 13.8. The van der Waals surface area contributed by atoms with E-state index in [2.05, 4.69) is 48.5 Å². The van der Waals surface area contributed by atoms with Gasteiger partial charge in [-0.05, 0) is 342 Å². The summed E-state index contributed by atoms with van der Waals surface area (Å²) >= 11 is 8.09. The number of hydrogen-bond donors (Lipinski definition) is 4. The van der Waals surface area contributed by atoms with Crippen molar-refractivity contribution in [1.29, 1.82) is 0 Å². The average molecular weight is 1990 g/mol. The second kappa shape index (κ2) is 29.1. The van der Waals surface area contributed by atoms with E-state index in [9.17, 15) is 54.1 Å². The molecule has 560 valence electrons. The van der Waals surface area contributed by atoms with E-state index in [1.807, 2.05) is 167 Å². The molecule has 110 heavy (non-hydrogen) atoms. The Morgan fingerprint density at radius 2 is 0.409 bits per heavy atom. The van der Waals surface area contributed by atoms with Gasteiger partial charge in [-0.15, -0.1) is 0 Å². The van der Waals surface area contributed by atoms with Crippen LogP contribution in [0.4, 0.5) is 0 Å². The van der Waals surface area contributed by atoms with Crippen molar-refractivity contribution >= 4 is 131 Å². The molecule has 24 heteroatoms. The van der Waals surface area contributed by atoms with Crippen molar-refractivity contribution in [3.63, 3.8) is 0 Å². The predicted octanol–water partition coefficient (Wildman–Crippen LogP) is 20.3. The van der Waals surface area contributed by atoms with Crippen LogP contribution in [0.3, 0.4) is 0 Å². The van der Waals surface area contributed by atoms with E-state index in [0.717, 1.165) is 66.8 Å². The molecular formula is C86H68I4O16S4. The molecule has 0 spiro atoms. The molecule has 0 unspecified atom stereocenters. The van der Waals surface area contributed by atoms with Gasteiger partial charge in [-0.1, -0.05) is 168 Å². The molecule has 0 aliphatic heterocycles. The number of rotatable bonds is 20. The van der Waals surface area contributed by atoms with Gasteiger partial charge in [0.15, 0.2) is 46.0 Å². The van der Waals surface area contributed by atoms with E-state index in [4.69, 9.17) is 16.7 Å². The molecule has 4 aliphatic rings. The molecule has 4 fully saturated rings. The number of hydrogen-bond acceptors (Lipinski definition) is 16. The van der Waals surface area contributed by atoms with E-state index in [1.165, 1.54) is 72.8 Å². The second-order valence-corrected chi connectivity index (χ2v) is 39.5. The molecule has 0 amide bonds. The lowest BCUT2D eigenvalue weighted by Gasteiger charge is -2.71. The van der Waals surface area contributed by atoms with Gasteiger partial charge in [0.1, 0.15) is 19.6 Å². The smallest absolute Gasteiger partial charge is 0.339 e. The molecule has 0 heterocycles. The van der Waals surface area contributed by atoms with Gasteiger partial charge in [0.25, 0.3) is 0 Å². The van der Waals surface area contributed by atoms with E-state index < -0.39 is 62.1 Å². The number of phenols is 4. The van der Waals surface area contributed by atoms with Gasteiger partial charge in [0.05, 0.1) is 14.3 Å². The quantitative estimate of drug-likeness (QED) is 0.0409. The summed E-state index contributed by atoms with van der Waals surface area (Å²) in [4.78, 5) is -0.273. The van der Waals surface area contributed by atoms with Gasteiger partial charge in [0, 0.05) is 0 Å². The minimum absolute atomic E-state index is 0.0682. The van der Waals surface area contributed by atoms with Crippen molar-refractivity contribution in [3.8, 4) is 90.5 Å². The zero-order valence-electron chi connectivity index (χ0n) is 59.2. The Bertz CT molecular complexity index is 5360. The van der Waals surface area contributed by atoms with E-state index in [1.54, 1.807) is 72.8 Å². The Kier molecular flexibility index (Phi) is 20.4. The summed E-state index contributed by atoms with van der Waals surface area (Å²) < 4.78 is 135. The van der Waals surface area contributed by atoms with Crippen LogP contribution >= 0.6 is 90.4 Å². The van der Waals surface area contributed by atoms with Crippen molar-refractivity contribution in [2.45, 2.75) is 107 Å². The first-order chi connectivity index (χ1) is 52.2. The van der Waals surface area contributed by atoms with Gasteiger partial charge < -0.3 is 37.2 Å². The summed E-state index contributed by atoms with van der Waals surface area (Å²) in [6, 6.07) is 71.1. The fourth-order valence-corrected chi connectivity index (χ4v) is 24.6. The molecule has 12 aromatic rings. The standard InChI is InChI=1S/C86H68I4O16S4/c1-51-5-29-63(30-6-51)107(95,96)103-79-71(91)41-37-67(75(79)87)55-13-21-59(22-14-55)83-45-84(60-23-15-56(16-24-60)68-38-42-72(92)80(76(68)88)104-108(97,98)64-31-7-52(2)8-32-64)48-85(46-83,61-25-17-57(18-26-61)69-39-43-73(93)81(77(69)89)105-109(99,100)65-33-9-53(3)10-34-65)50-86(47-83,49-84)62-27-19-58(20-28-62)70-40-44-74(94)82(78(70)90)106-110(101,102)66-35-11-54(4)12-36-66/h5-44,91-94H,45-50H2,1-4H3. The number of phenolic OH excluding ortho intramolecular Hbond substituents is 4. The van der Waals surface area contributed by atoms with E-state index in [-0.39, 0.29) is 65.6 Å². The summed E-state index contributed by atoms with van der Waals surface area (Å²) in [5.74, 6) is -2.22. The normalized spacial score (nSPS) is 18.9. The van der Waals surface area contributed by atoms with Crippen LogP contribution in [-0.2, 0) is 62.1 Å². The molecule has 16 nitrogen and oxygen atoms in total. The summed E-state index contributed by atoms with van der Waals surface area (Å²) in [5.41, 5.74) is 10.8. The molecular weight excluding hydrogens is 1920 g/mol. The fourth-order valence-electron chi connectivity index (χ4n) is 16.7. The van der Waals surface area contributed by atoms with Gasteiger partial charge in [0.2, 0.25) is 0 Å². The zero-order chi connectivity index (χ0) is 77.8. The topological polar surface area (TPSA) is 254 Å². The van der Waals surface area contributed by atoms with Crippen molar-refractivity contribution < 1.29 is 70.8 Å². The molecule has 12 aromatic carbocycles. The third-order valence-corrected chi connectivity index (χ3v) is 30.8. The van der Waals surface area contributed by atoms with Crippen LogP contribution in [0.25, 0.3) is 44.5 Å². The van der Waals surface area contributed by atoms with Crippen LogP contribution in [0.15, 0.2) is 262 Å². The number of halogens is 4. The maximum absolute atomic E-state index is 13.8. The highest BCUT2D eigenvalue weighted by molar-refractivity contribution is 14.1. The molecule has 4 saturated carbocycles. The summed E-state index contributed by atoms with van der Waals surface area (Å²) in [6.07, 6.45) is 4.14. The molecule has 0 atom stereocenters. The number of aryl methyl sites for hydroxylation is 4. The first-order valence-corrected chi connectivity index (χ1v) is 44.7. The van der Waals surface area contributed by atoms with Crippen LogP contribution < -0.4 is 16.7 Å². The summed E-state index contributed by atoms with van der Waals surface area (Å²) in [7, 11) is -17.5. The first kappa shape index (κ1) is 77.1. The van der Waals surface area contributed by atoms with Crippen molar-refractivity contribution in [1.82, 2.24) is 0 Å². The van der Waals surface area contributed by atoms with E-state index >= 15 is 0 Å². The van der Waals surface area contributed by atoms with Gasteiger partial charge >= 0.3 is 40.5 Å². The van der Waals surface area contributed by atoms with Crippen LogP contribution in [-0.4, -0.2) is 54.1 Å². The Hall–Kier alpha value is -8.24. The summed E-state index contributed by atoms with van der Waals surface area (Å²) in [5, 5.41) is 45.1. The lowest BCUT2D eigenvalue weighted by Crippen LogP contribution is -2.67. The minimum atomic E-state index is -4.38. The monoisotopic (exact) mass is 1990 g/mol. The fraction of sp³-hybridized carbons (Fsp3) is 0.163. The number of benzene rings is 12. The molecule has 4 N–H and O–H groups in total. The first-order valence-electron chi connectivity index (χ1n) is 34.7. The highest BCUT2D eigenvalue weighted by Gasteiger charge is 2.69. The summed E-state index contributed by atoms with van der Waals surface area (Å²) in [6.45, 7) is 7.39. The van der Waals surface area contributed by atoms with Crippen LogP contribution in [0, 0.1) is 42.0 Å². The molecule has 4 bridgehead atoms. The second-order valence-electron chi connectivity index (χ2n) is 29.0. The Balaban J connectivity index is 0.871. The Morgan fingerprint density at radius 1 is 0.245 bits per heavy atom. The highest BCUT2D eigenvalue weighted by Crippen LogP contribution is 2.75. The third-order valence-electron chi connectivity index (χ3n) is 21.6. The van der Waals surface area contributed by atoms with E-state index in [0.29, 0.717) is 75.1 Å². The van der Waals surface area contributed by atoms with Crippen molar-refractivity contribution in [3.05, 3.63) is 301 Å². The lowest BCUT2D eigenvalue weighted by atomic mass is 9.32. The predicted molar refractivity (Wildman–Crippen MR) is 455 cm³/mol. The SMILES string of the molecule is Cc1ccc(S(=O)(=O)Oc2c(O)ccc(-c3ccc(C45CC6(c7ccc(-c8ccc(O)c(OS(=O)(=O)c9ccc(C)cc9)c8I)cc7)CC(c7ccc(-c8ccc(O)c(OS(=O)(=O)c9ccc(C)cc9)c8I)cc7)(C4)CC(c4ccc(-c7ccc(O)c(OS(=O)(=O)c8ccc(C)cc8)c7I)cc4)(C5)C6)cc3)c2I)cc1. The van der Waals surface area contributed by atoms with Crippen LogP contribution in [0.2, 0.25) is 0 Å².